The summed E-state index contributed by atoms with van der Waals surface area (Å²) in [4.78, 5) is 6.97. The molecule has 0 saturated heterocycles. The monoisotopic (exact) mass is 285 g/mol. The van der Waals surface area contributed by atoms with Gasteiger partial charge in [0.1, 0.15) is 0 Å². The maximum Gasteiger partial charge on any atom is 0.0738 e. The molecule has 20 heavy (non-hydrogen) atoms. The summed E-state index contributed by atoms with van der Waals surface area (Å²) in [7, 11) is 4.34. The fourth-order valence-electron chi connectivity index (χ4n) is 3.37. The van der Waals surface area contributed by atoms with Gasteiger partial charge in [0, 0.05) is 54.2 Å². The summed E-state index contributed by atoms with van der Waals surface area (Å²) >= 11 is 6.08. The molecule has 102 valence electrons. The van der Waals surface area contributed by atoms with Crippen LogP contribution in [0.1, 0.15) is 11.3 Å². The van der Waals surface area contributed by atoms with Crippen LogP contribution in [0.5, 0.6) is 0 Å². The second kappa shape index (κ2) is 4.21. The van der Waals surface area contributed by atoms with Gasteiger partial charge in [0.2, 0.25) is 0 Å². The van der Waals surface area contributed by atoms with Gasteiger partial charge in [-0.2, -0.15) is 0 Å². The van der Waals surface area contributed by atoms with Crippen LogP contribution in [0.2, 0.25) is 5.02 Å². The lowest BCUT2D eigenvalue weighted by molar-refractivity contribution is 0.310. The van der Waals surface area contributed by atoms with Crippen LogP contribution in [-0.4, -0.2) is 28.0 Å². The Hall–Kier alpha value is -1.58. The van der Waals surface area contributed by atoms with Gasteiger partial charge in [-0.1, -0.05) is 11.6 Å². The predicted octanol–water partition coefficient (Wildman–Crippen LogP) is 3.37. The van der Waals surface area contributed by atoms with Crippen molar-refractivity contribution in [3.63, 3.8) is 0 Å². The molecule has 3 nitrogen and oxygen atoms in total. The summed E-state index contributed by atoms with van der Waals surface area (Å²) < 4.78 is 2.34. The Balaban J connectivity index is 2.13. The van der Waals surface area contributed by atoms with E-state index in [1.807, 2.05) is 18.3 Å². The van der Waals surface area contributed by atoms with Gasteiger partial charge in [0.05, 0.1) is 11.0 Å². The number of aromatic nitrogens is 2. The van der Waals surface area contributed by atoms with Crippen LogP contribution in [-0.2, 0) is 20.0 Å². The first-order chi connectivity index (χ1) is 9.65. The van der Waals surface area contributed by atoms with Crippen molar-refractivity contribution in [3.05, 3.63) is 40.7 Å². The molecule has 0 spiro atoms. The quantitative estimate of drug-likeness (QED) is 0.631. The van der Waals surface area contributed by atoms with Gasteiger partial charge in [-0.05, 0) is 30.8 Å². The van der Waals surface area contributed by atoms with E-state index < -0.39 is 0 Å². The van der Waals surface area contributed by atoms with Crippen LogP contribution in [0.15, 0.2) is 24.4 Å². The van der Waals surface area contributed by atoms with E-state index in [0.717, 1.165) is 30.0 Å². The molecular weight excluding hydrogens is 270 g/mol. The topological polar surface area (TPSA) is 21.1 Å². The van der Waals surface area contributed by atoms with Crippen molar-refractivity contribution in [2.24, 2.45) is 7.05 Å². The number of nitrogens with zero attached hydrogens (tertiary/aromatic N) is 3. The molecule has 3 heterocycles. The third-order valence-corrected chi connectivity index (χ3v) is 4.61. The van der Waals surface area contributed by atoms with Crippen LogP contribution in [0.3, 0.4) is 0 Å². The van der Waals surface area contributed by atoms with Gasteiger partial charge in [-0.25, -0.2) is 0 Å². The van der Waals surface area contributed by atoms with E-state index in [0.29, 0.717) is 0 Å². The smallest absolute Gasteiger partial charge is 0.0738 e. The Bertz CT molecular complexity index is 835. The number of fused-ring (bicyclic) bond motifs is 5. The lowest BCUT2D eigenvalue weighted by Gasteiger charge is -2.23. The zero-order chi connectivity index (χ0) is 13.9. The number of hydrogen-bond acceptors (Lipinski definition) is 2. The van der Waals surface area contributed by atoms with Crippen LogP contribution in [0.4, 0.5) is 0 Å². The Kier molecular flexibility index (Phi) is 2.56. The van der Waals surface area contributed by atoms with E-state index >= 15 is 0 Å². The van der Waals surface area contributed by atoms with E-state index in [1.54, 1.807) is 0 Å². The maximum absolute atomic E-state index is 6.08. The van der Waals surface area contributed by atoms with Gasteiger partial charge >= 0.3 is 0 Å². The molecule has 0 aliphatic carbocycles. The summed E-state index contributed by atoms with van der Waals surface area (Å²) in [5.74, 6) is 0. The number of hydrogen-bond donors (Lipinski definition) is 0. The minimum atomic E-state index is 0.739. The van der Waals surface area contributed by atoms with Crippen molar-refractivity contribution in [2.75, 3.05) is 13.6 Å². The molecular formula is C16H16ClN3. The van der Waals surface area contributed by atoms with Crippen molar-refractivity contribution >= 4 is 33.4 Å². The lowest BCUT2D eigenvalue weighted by atomic mass is 10.1. The van der Waals surface area contributed by atoms with Crippen LogP contribution in [0, 0.1) is 0 Å². The molecule has 0 bridgehead atoms. The standard InChI is InChI=1S/C16H16ClN3/c1-19-6-5-15-13(9-19)12-8-18-14-7-10(17)3-4-11(14)16(12)20(15)2/h3-4,7-8H,5-6,9H2,1-2H3. The number of likely N-dealkylation sites (N-methyl/N-ethyl adjacent to an activating group) is 1. The first kappa shape index (κ1) is 12.2. The average Bonchev–Trinajstić information content (AvgIpc) is 2.71. The molecule has 0 amide bonds. The summed E-state index contributed by atoms with van der Waals surface area (Å²) in [6.07, 6.45) is 3.11. The third kappa shape index (κ3) is 1.60. The number of benzene rings is 1. The van der Waals surface area contributed by atoms with Gasteiger partial charge in [-0.3, -0.25) is 4.98 Å². The molecule has 0 fully saturated rings. The third-order valence-electron chi connectivity index (χ3n) is 4.37. The van der Waals surface area contributed by atoms with E-state index in [2.05, 4.69) is 34.6 Å². The molecule has 3 aromatic rings. The molecule has 1 aromatic carbocycles. The van der Waals surface area contributed by atoms with Gasteiger partial charge < -0.3 is 9.47 Å². The van der Waals surface area contributed by atoms with E-state index in [4.69, 9.17) is 11.6 Å². The van der Waals surface area contributed by atoms with Gasteiger partial charge in [-0.15, -0.1) is 0 Å². The second-order valence-electron chi connectivity index (χ2n) is 5.65. The largest absolute Gasteiger partial charge is 0.347 e. The maximum atomic E-state index is 6.08. The molecule has 4 rings (SSSR count). The van der Waals surface area contributed by atoms with Crippen LogP contribution in [0.25, 0.3) is 21.8 Å². The molecule has 2 aromatic heterocycles. The molecule has 1 aliphatic rings. The number of pyridine rings is 1. The highest BCUT2D eigenvalue weighted by Crippen LogP contribution is 2.33. The zero-order valence-corrected chi connectivity index (χ0v) is 12.4. The van der Waals surface area contributed by atoms with Crippen LogP contribution >= 0.6 is 11.6 Å². The molecule has 0 N–H and O–H groups in total. The fourth-order valence-corrected chi connectivity index (χ4v) is 3.53. The Morgan fingerprint density at radius 3 is 2.90 bits per heavy atom. The first-order valence-electron chi connectivity index (χ1n) is 6.88. The highest BCUT2D eigenvalue weighted by Gasteiger charge is 2.22. The van der Waals surface area contributed by atoms with Gasteiger partial charge in [0.15, 0.2) is 0 Å². The molecule has 0 saturated carbocycles. The average molecular weight is 286 g/mol. The molecule has 1 aliphatic heterocycles. The van der Waals surface area contributed by atoms with Crippen LogP contribution < -0.4 is 0 Å². The number of halogens is 1. The van der Waals surface area contributed by atoms with Crippen molar-refractivity contribution in [1.82, 2.24) is 14.5 Å². The Morgan fingerprint density at radius 1 is 1.20 bits per heavy atom. The minimum Gasteiger partial charge on any atom is -0.347 e. The van der Waals surface area contributed by atoms with E-state index in [1.165, 1.54) is 27.5 Å². The lowest BCUT2D eigenvalue weighted by Crippen LogP contribution is -2.26. The van der Waals surface area contributed by atoms with Crippen molar-refractivity contribution < 1.29 is 0 Å². The first-order valence-corrected chi connectivity index (χ1v) is 7.26. The minimum absolute atomic E-state index is 0.739. The number of rotatable bonds is 0. The summed E-state index contributed by atoms with van der Waals surface area (Å²) in [6.45, 7) is 2.13. The Labute approximate surface area is 122 Å². The van der Waals surface area contributed by atoms with Gasteiger partial charge in [0.25, 0.3) is 0 Å². The predicted molar refractivity (Wildman–Crippen MR) is 83.3 cm³/mol. The van der Waals surface area contributed by atoms with Crippen molar-refractivity contribution in [1.29, 1.82) is 0 Å². The van der Waals surface area contributed by atoms with E-state index in [9.17, 15) is 0 Å². The van der Waals surface area contributed by atoms with Crippen molar-refractivity contribution in [3.8, 4) is 0 Å². The SMILES string of the molecule is CN1CCc2c(c3cnc4cc(Cl)ccc4c3n2C)C1. The Morgan fingerprint density at radius 2 is 2.05 bits per heavy atom. The van der Waals surface area contributed by atoms with E-state index in [-0.39, 0.29) is 0 Å². The number of aryl methyl sites for hydroxylation is 1. The normalized spacial score (nSPS) is 15.9. The fraction of sp³-hybridized carbons (Fsp3) is 0.312. The highest BCUT2D eigenvalue weighted by atomic mass is 35.5. The molecule has 0 unspecified atom stereocenters. The second-order valence-corrected chi connectivity index (χ2v) is 6.09. The summed E-state index contributed by atoms with van der Waals surface area (Å²) in [5, 5.41) is 3.21. The summed E-state index contributed by atoms with van der Waals surface area (Å²) in [6, 6.07) is 5.97. The molecule has 4 heteroatoms. The summed E-state index contributed by atoms with van der Waals surface area (Å²) in [5.41, 5.74) is 5.13. The molecule has 0 atom stereocenters. The molecule has 0 radical (unpaired) electrons. The zero-order valence-electron chi connectivity index (χ0n) is 11.7. The van der Waals surface area contributed by atoms with Crippen molar-refractivity contribution in [2.45, 2.75) is 13.0 Å². The highest BCUT2D eigenvalue weighted by molar-refractivity contribution is 6.31.